The van der Waals surface area contributed by atoms with Gasteiger partial charge in [-0.05, 0) is 55.4 Å². The molecule has 0 radical (unpaired) electrons. The van der Waals surface area contributed by atoms with E-state index >= 15 is 0 Å². The Kier molecular flexibility index (Phi) is 8.56. The number of nitrogens with zero attached hydrogens (tertiary/aromatic N) is 4. The maximum absolute atomic E-state index is 13.3. The molecular formula is C29H32FN7O. The summed E-state index contributed by atoms with van der Waals surface area (Å²) < 4.78 is 13.3. The van der Waals surface area contributed by atoms with Gasteiger partial charge in [-0.25, -0.2) is 9.37 Å². The minimum absolute atomic E-state index is 0.173. The lowest BCUT2D eigenvalue weighted by Gasteiger charge is -2.35. The zero-order valence-electron chi connectivity index (χ0n) is 21.7. The van der Waals surface area contributed by atoms with Crippen LogP contribution in [0, 0.1) is 17.1 Å². The number of piperazine rings is 1. The largest absolute Gasteiger partial charge is 0.377 e. The minimum atomic E-state index is -0.315. The predicted molar refractivity (Wildman–Crippen MR) is 150 cm³/mol. The van der Waals surface area contributed by atoms with E-state index < -0.39 is 0 Å². The normalized spacial score (nSPS) is 14.3. The molecular weight excluding hydrogens is 481 g/mol. The van der Waals surface area contributed by atoms with E-state index in [1.165, 1.54) is 24.4 Å². The monoisotopic (exact) mass is 513 g/mol. The van der Waals surface area contributed by atoms with Gasteiger partial charge in [-0.3, -0.25) is 4.79 Å². The number of benzene rings is 2. The average molecular weight is 514 g/mol. The SMILES string of the molecule is C=CC(=O)Nc1cc(N2CCN(CC)CC2)ccc1Nc1cc(NC(C)c2ccc(F)cc2)c(C#N)cn1. The first-order valence-corrected chi connectivity index (χ1v) is 12.6. The van der Waals surface area contributed by atoms with Gasteiger partial charge in [-0.2, -0.15) is 5.26 Å². The van der Waals surface area contributed by atoms with Gasteiger partial charge < -0.3 is 25.8 Å². The average Bonchev–Trinajstić information content (AvgIpc) is 2.94. The smallest absolute Gasteiger partial charge is 0.247 e. The molecule has 0 aliphatic carbocycles. The van der Waals surface area contributed by atoms with Crippen molar-refractivity contribution in [3.8, 4) is 6.07 Å². The molecule has 3 N–H and O–H groups in total. The van der Waals surface area contributed by atoms with Crippen LogP contribution in [-0.2, 0) is 4.79 Å². The van der Waals surface area contributed by atoms with Gasteiger partial charge in [-0.1, -0.05) is 25.6 Å². The van der Waals surface area contributed by atoms with E-state index in [4.69, 9.17) is 0 Å². The summed E-state index contributed by atoms with van der Waals surface area (Å²) in [6.45, 7) is 12.5. The molecule has 1 saturated heterocycles. The second-order valence-electron chi connectivity index (χ2n) is 9.11. The van der Waals surface area contributed by atoms with Crippen LogP contribution in [0.25, 0.3) is 0 Å². The van der Waals surface area contributed by atoms with Crippen LogP contribution in [0.15, 0.2) is 67.4 Å². The van der Waals surface area contributed by atoms with Crippen LogP contribution in [0.3, 0.4) is 0 Å². The Bertz CT molecular complexity index is 1330. The van der Waals surface area contributed by atoms with Gasteiger partial charge in [0, 0.05) is 50.2 Å². The molecule has 4 rings (SSSR count). The third-order valence-corrected chi connectivity index (χ3v) is 6.66. The summed E-state index contributed by atoms with van der Waals surface area (Å²) in [6, 6.07) is 15.8. The Labute approximate surface area is 222 Å². The maximum atomic E-state index is 13.3. The van der Waals surface area contributed by atoms with E-state index in [1.807, 2.05) is 25.1 Å². The molecule has 1 atom stereocenters. The molecule has 8 nitrogen and oxygen atoms in total. The Hall–Kier alpha value is -4.42. The van der Waals surface area contributed by atoms with Gasteiger partial charge in [0.2, 0.25) is 5.91 Å². The number of hydrogen-bond donors (Lipinski definition) is 3. The van der Waals surface area contributed by atoms with Crippen molar-refractivity contribution in [2.24, 2.45) is 0 Å². The van der Waals surface area contributed by atoms with E-state index in [-0.39, 0.29) is 17.8 Å². The summed E-state index contributed by atoms with van der Waals surface area (Å²) in [5, 5.41) is 19.1. The number of nitrogens with one attached hydrogen (secondary N) is 3. The highest BCUT2D eigenvalue weighted by Gasteiger charge is 2.18. The zero-order chi connectivity index (χ0) is 27.1. The van der Waals surface area contributed by atoms with Crippen LogP contribution in [-0.4, -0.2) is 48.5 Å². The van der Waals surface area contributed by atoms with Gasteiger partial charge in [0.1, 0.15) is 17.7 Å². The zero-order valence-corrected chi connectivity index (χ0v) is 21.7. The first-order valence-electron chi connectivity index (χ1n) is 12.6. The Morgan fingerprint density at radius 3 is 2.53 bits per heavy atom. The standard InChI is InChI=1S/C29H32FN7O/c1-4-29(38)35-27-16-24(37-14-12-36(5-2)13-15-37)10-11-25(27)34-28-17-26(22(18-31)19-32-28)33-20(3)21-6-8-23(30)9-7-21/h4,6-11,16-17,19-20H,1,5,12-15H2,2-3H3,(H,35,38)(H2,32,33,34). The van der Waals surface area contributed by atoms with E-state index in [9.17, 15) is 14.4 Å². The van der Waals surface area contributed by atoms with Gasteiger partial charge in [-0.15, -0.1) is 0 Å². The Balaban J connectivity index is 1.58. The summed E-state index contributed by atoms with van der Waals surface area (Å²) in [4.78, 5) is 21.3. The summed E-state index contributed by atoms with van der Waals surface area (Å²) in [5.74, 6) is -0.122. The van der Waals surface area contributed by atoms with Crippen LogP contribution in [0.2, 0.25) is 0 Å². The molecule has 196 valence electrons. The second kappa shape index (κ2) is 12.2. The third kappa shape index (κ3) is 6.47. The lowest BCUT2D eigenvalue weighted by molar-refractivity contribution is -0.111. The fourth-order valence-electron chi connectivity index (χ4n) is 4.39. The summed E-state index contributed by atoms with van der Waals surface area (Å²) in [7, 11) is 0. The number of pyridine rings is 1. The number of anilines is 5. The van der Waals surface area contributed by atoms with Crippen molar-refractivity contribution in [3.05, 3.63) is 84.3 Å². The van der Waals surface area contributed by atoms with Crippen molar-refractivity contribution < 1.29 is 9.18 Å². The fraction of sp³-hybridized carbons (Fsp3) is 0.276. The molecule has 38 heavy (non-hydrogen) atoms. The summed E-state index contributed by atoms with van der Waals surface area (Å²) in [5.41, 5.74) is 4.13. The van der Waals surface area contributed by atoms with Crippen molar-refractivity contribution in [2.45, 2.75) is 19.9 Å². The van der Waals surface area contributed by atoms with Gasteiger partial charge in [0.15, 0.2) is 0 Å². The van der Waals surface area contributed by atoms with Crippen molar-refractivity contribution in [1.29, 1.82) is 5.26 Å². The number of hydrogen-bond acceptors (Lipinski definition) is 7. The predicted octanol–water partition coefficient (Wildman–Crippen LogP) is 5.28. The highest BCUT2D eigenvalue weighted by Crippen LogP contribution is 2.32. The molecule has 0 saturated carbocycles. The Morgan fingerprint density at radius 2 is 1.87 bits per heavy atom. The van der Waals surface area contributed by atoms with Crippen LogP contribution in [0.1, 0.15) is 31.0 Å². The number of amides is 1. The van der Waals surface area contributed by atoms with E-state index in [0.717, 1.165) is 44.0 Å². The van der Waals surface area contributed by atoms with Crippen molar-refractivity contribution in [2.75, 3.05) is 53.6 Å². The topological polar surface area (TPSA) is 96.3 Å². The first-order chi connectivity index (χ1) is 18.4. The minimum Gasteiger partial charge on any atom is -0.377 e. The summed E-state index contributed by atoms with van der Waals surface area (Å²) >= 11 is 0. The first kappa shape index (κ1) is 26.6. The molecule has 3 aromatic rings. The molecule has 1 amide bonds. The molecule has 0 spiro atoms. The lowest BCUT2D eigenvalue weighted by Crippen LogP contribution is -2.46. The van der Waals surface area contributed by atoms with Crippen molar-refractivity contribution in [3.63, 3.8) is 0 Å². The van der Waals surface area contributed by atoms with Gasteiger partial charge in [0.25, 0.3) is 0 Å². The number of carbonyl (C=O) groups excluding carboxylic acids is 1. The number of nitriles is 1. The van der Waals surface area contributed by atoms with E-state index in [2.05, 4.69) is 50.3 Å². The van der Waals surface area contributed by atoms with Crippen LogP contribution < -0.4 is 20.9 Å². The van der Waals surface area contributed by atoms with Gasteiger partial charge in [0.05, 0.1) is 22.6 Å². The molecule has 2 heterocycles. The van der Waals surface area contributed by atoms with Crippen LogP contribution in [0.4, 0.5) is 33.0 Å². The van der Waals surface area contributed by atoms with Gasteiger partial charge >= 0.3 is 0 Å². The molecule has 1 aliphatic rings. The van der Waals surface area contributed by atoms with E-state index in [1.54, 1.807) is 18.2 Å². The molecule has 1 fully saturated rings. The molecule has 2 aromatic carbocycles. The third-order valence-electron chi connectivity index (χ3n) is 6.66. The Morgan fingerprint density at radius 1 is 1.13 bits per heavy atom. The quantitative estimate of drug-likeness (QED) is 0.335. The molecule has 1 aliphatic heterocycles. The highest BCUT2D eigenvalue weighted by atomic mass is 19.1. The number of likely N-dealkylation sites (N-methyl/N-ethyl adjacent to an activating group) is 1. The fourth-order valence-corrected chi connectivity index (χ4v) is 4.39. The van der Waals surface area contributed by atoms with E-state index in [0.29, 0.717) is 28.4 Å². The van der Waals surface area contributed by atoms with Crippen molar-refractivity contribution in [1.82, 2.24) is 9.88 Å². The number of carbonyl (C=O) groups is 1. The molecule has 1 aromatic heterocycles. The highest BCUT2D eigenvalue weighted by molar-refractivity contribution is 6.02. The molecule has 9 heteroatoms. The van der Waals surface area contributed by atoms with Crippen LogP contribution >= 0.6 is 0 Å². The second-order valence-corrected chi connectivity index (χ2v) is 9.11. The van der Waals surface area contributed by atoms with Crippen LogP contribution in [0.5, 0.6) is 0 Å². The maximum Gasteiger partial charge on any atom is 0.247 e. The number of rotatable bonds is 9. The number of halogens is 1. The number of aromatic nitrogens is 1. The summed E-state index contributed by atoms with van der Waals surface area (Å²) in [6.07, 6.45) is 2.72. The molecule has 1 unspecified atom stereocenters. The van der Waals surface area contributed by atoms with Crippen molar-refractivity contribution >= 4 is 34.5 Å². The molecule has 0 bridgehead atoms. The lowest BCUT2D eigenvalue weighted by atomic mass is 10.1.